The van der Waals surface area contributed by atoms with Gasteiger partial charge in [-0.2, -0.15) is 0 Å². The second-order valence-electron chi connectivity index (χ2n) is 5.02. The molecule has 104 valence electrons. The minimum absolute atomic E-state index is 0.153. The van der Waals surface area contributed by atoms with E-state index in [2.05, 4.69) is 0 Å². The van der Waals surface area contributed by atoms with Crippen molar-refractivity contribution in [3.8, 4) is 5.75 Å². The maximum absolute atomic E-state index is 12.1. The van der Waals surface area contributed by atoms with Crippen molar-refractivity contribution in [3.63, 3.8) is 0 Å². The molecule has 1 aliphatic carbocycles. The molecular formula is C15H22N2O2. The van der Waals surface area contributed by atoms with Crippen molar-refractivity contribution < 1.29 is 9.53 Å². The topological polar surface area (TPSA) is 55.6 Å². The first kappa shape index (κ1) is 13.9. The van der Waals surface area contributed by atoms with Gasteiger partial charge in [0, 0.05) is 19.1 Å². The van der Waals surface area contributed by atoms with Gasteiger partial charge < -0.3 is 15.4 Å². The van der Waals surface area contributed by atoms with Crippen molar-refractivity contribution in [3.05, 3.63) is 29.8 Å². The van der Waals surface area contributed by atoms with E-state index in [0.29, 0.717) is 32.2 Å². The number of nitrogens with two attached hydrogens (primary N) is 1. The zero-order valence-electron chi connectivity index (χ0n) is 11.5. The number of carbonyl (C=O) groups excluding carboxylic acids is 1. The summed E-state index contributed by atoms with van der Waals surface area (Å²) < 4.78 is 5.61. The highest BCUT2D eigenvalue weighted by Gasteiger charge is 2.31. The van der Waals surface area contributed by atoms with Crippen LogP contribution in [0.4, 0.5) is 0 Å². The Morgan fingerprint density at radius 1 is 1.47 bits per heavy atom. The van der Waals surface area contributed by atoms with Gasteiger partial charge in [-0.1, -0.05) is 12.1 Å². The quantitative estimate of drug-likeness (QED) is 0.814. The molecule has 1 amide bonds. The van der Waals surface area contributed by atoms with Gasteiger partial charge >= 0.3 is 0 Å². The summed E-state index contributed by atoms with van der Waals surface area (Å²) in [5, 5.41) is 0. The monoisotopic (exact) mass is 262 g/mol. The number of aryl methyl sites for hydroxylation is 1. The first-order valence-corrected chi connectivity index (χ1v) is 6.89. The maximum atomic E-state index is 12.1. The number of rotatable bonds is 7. The molecular weight excluding hydrogens is 240 g/mol. The fourth-order valence-corrected chi connectivity index (χ4v) is 2.14. The largest absolute Gasteiger partial charge is 0.493 e. The standard InChI is InChI=1S/C15H22N2O2/c1-12-3-2-4-14(11-12)19-10-7-15(18)17(9-8-16)13-5-6-13/h2-4,11,13H,5-10,16H2,1H3. The second kappa shape index (κ2) is 6.57. The molecule has 0 atom stereocenters. The van der Waals surface area contributed by atoms with Crippen LogP contribution in [-0.4, -0.2) is 36.5 Å². The average Bonchev–Trinajstić information content (AvgIpc) is 3.20. The fourth-order valence-electron chi connectivity index (χ4n) is 2.14. The highest BCUT2D eigenvalue weighted by Crippen LogP contribution is 2.27. The van der Waals surface area contributed by atoms with Gasteiger partial charge in [0.15, 0.2) is 0 Å². The van der Waals surface area contributed by atoms with Gasteiger partial charge in [0.2, 0.25) is 5.91 Å². The van der Waals surface area contributed by atoms with Crippen molar-refractivity contribution in [2.75, 3.05) is 19.7 Å². The third-order valence-electron chi connectivity index (χ3n) is 3.25. The van der Waals surface area contributed by atoms with Crippen molar-refractivity contribution >= 4 is 5.91 Å². The van der Waals surface area contributed by atoms with Crippen molar-refractivity contribution in [2.24, 2.45) is 5.73 Å². The van der Waals surface area contributed by atoms with E-state index >= 15 is 0 Å². The first-order chi connectivity index (χ1) is 9.20. The van der Waals surface area contributed by atoms with E-state index < -0.39 is 0 Å². The molecule has 1 fully saturated rings. The fraction of sp³-hybridized carbons (Fsp3) is 0.533. The van der Waals surface area contributed by atoms with Gasteiger partial charge in [0.1, 0.15) is 5.75 Å². The molecule has 1 aromatic rings. The molecule has 1 saturated carbocycles. The van der Waals surface area contributed by atoms with Crippen LogP contribution in [0.2, 0.25) is 0 Å². The van der Waals surface area contributed by atoms with Crippen LogP contribution in [0.15, 0.2) is 24.3 Å². The Kier molecular flexibility index (Phi) is 4.80. The molecule has 0 heterocycles. The molecule has 4 heteroatoms. The molecule has 0 aliphatic heterocycles. The van der Waals surface area contributed by atoms with Gasteiger partial charge in [0.25, 0.3) is 0 Å². The first-order valence-electron chi connectivity index (χ1n) is 6.89. The lowest BCUT2D eigenvalue weighted by Gasteiger charge is -2.21. The number of ether oxygens (including phenoxy) is 1. The van der Waals surface area contributed by atoms with Crippen LogP contribution in [0.5, 0.6) is 5.75 Å². The average molecular weight is 262 g/mol. The lowest BCUT2D eigenvalue weighted by Crippen LogP contribution is -2.37. The zero-order chi connectivity index (χ0) is 13.7. The third kappa shape index (κ3) is 4.24. The number of amides is 1. The SMILES string of the molecule is Cc1cccc(OCCC(=O)N(CCN)C2CC2)c1. The normalized spacial score (nSPS) is 14.2. The van der Waals surface area contributed by atoms with Crippen molar-refractivity contribution in [2.45, 2.75) is 32.2 Å². The van der Waals surface area contributed by atoms with Crippen LogP contribution in [0.1, 0.15) is 24.8 Å². The summed E-state index contributed by atoms with van der Waals surface area (Å²) in [4.78, 5) is 14.0. The van der Waals surface area contributed by atoms with Crippen LogP contribution < -0.4 is 10.5 Å². The van der Waals surface area contributed by atoms with E-state index in [1.807, 2.05) is 36.1 Å². The lowest BCUT2D eigenvalue weighted by atomic mass is 10.2. The van der Waals surface area contributed by atoms with Crippen LogP contribution >= 0.6 is 0 Å². The molecule has 19 heavy (non-hydrogen) atoms. The smallest absolute Gasteiger partial charge is 0.226 e. The van der Waals surface area contributed by atoms with E-state index in [-0.39, 0.29) is 5.91 Å². The highest BCUT2D eigenvalue weighted by molar-refractivity contribution is 5.77. The number of nitrogens with zero attached hydrogens (tertiary/aromatic N) is 1. The van der Waals surface area contributed by atoms with Gasteiger partial charge in [0.05, 0.1) is 13.0 Å². The van der Waals surface area contributed by atoms with Crippen molar-refractivity contribution in [1.82, 2.24) is 4.90 Å². The molecule has 2 rings (SSSR count). The van der Waals surface area contributed by atoms with E-state index in [1.165, 1.54) is 0 Å². The Bertz CT molecular complexity index is 430. The molecule has 1 aromatic carbocycles. The van der Waals surface area contributed by atoms with Gasteiger partial charge in [-0.3, -0.25) is 4.79 Å². The summed E-state index contributed by atoms with van der Waals surface area (Å²) in [7, 11) is 0. The van der Waals surface area contributed by atoms with E-state index in [0.717, 1.165) is 24.2 Å². The van der Waals surface area contributed by atoms with Crippen LogP contribution in [0.25, 0.3) is 0 Å². The minimum Gasteiger partial charge on any atom is -0.493 e. The number of benzene rings is 1. The Morgan fingerprint density at radius 3 is 2.89 bits per heavy atom. The molecule has 0 radical (unpaired) electrons. The molecule has 0 bridgehead atoms. The maximum Gasteiger partial charge on any atom is 0.226 e. The molecule has 4 nitrogen and oxygen atoms in total. The van der Waals surface area contributed by atoms with E-state index in [9.17, 15) is 4.79 Å². The zero-order valence-corrected chi connectivity index (χ0v) is 11.5. The Hall–Kier alpha value is -1.55. The molecule has 0 spiro atoms. The molecule has 0 saturated heterocycles. The Morgan fingerprint density at radius 2 is 2.26 bits per heavy atom. The number of hydrogen-bond donors (Lipinski definition) is 1. The van der Waals surface area contributed by atoms with Gasteiger partial charge in [-0.15, -0.1) is 0 Å². The van der Waals surface area contributed by atoms with E-state index in [4.69, 9.17) is 10.5 Å². The second-order valence-corrected chi connectivity index (χ2v) is 5.02. The molecule has 2 N–H and O–H groups in total. The summed E-state index contributed by atoms with van der Waals surface area (Å²) >= 11 is 0. The van der Waals surface area contributed by atoms with E-state index in [1.54, 1.807) is 0 Å². The molecule has 1 aliphatic rings. The summed E-state index contributed by atoms with van der Waals surface area (Å²) in [5.74, 6) is 0.977. The predicted octanol–water partition coefficient (Wildman–Crippen LogP) is 1.71. The number of carbonyl (C=O) groups is 1. The molecule has 0 unspecified atom stereocenters. The summed E-state index contributed by atoms with van der Waals surface area (Å²) in [6, 6.07) is 8.29. The Balaban J connectivity index is 1.76. The summed E-state index contributed by atoms with van der Waals surface area (Å²) in [6.07, 6.45) is 2.65. The van der Waals surface area contributed by atoms with Gasteiger partial charge in [-0.05, 0) is 37.5 Å². The van der Waals surface area contributed by atoms with Crippen LogP contribution in [0, 0.1) is 6.92 Å². The van der Waals surface area contributed by atoms with Crippen LogP contribution in [0.3, 0.4) is 0 Å². The highest BCUT2D eigenvalue weighted by atomic mass is 16.5. The third-order valence-corrected chi connectivity index (χ3v) is 3.25. The minimum atomic E-state index is 0.153. The van der Waals surface area contributed by atoms with Crippen molar-refractivity contribution in [1.29, 1.82) is 0 Å². The predicted molar refractivity (Wildman–Crippen MR) is 75.1 cm³/mol. The lowest BCUT2D eigenvalue weighted by molar-refractivity contribution is -0.132. The Labute approximate surface area is 114 Å². The van der Waals surface area contributed by atoms with Gasteiger partial charge in [-0.25, -0.2) is 0 Å². The summed E-state index contributed by atoms with van der Waals surface area (Å²) in [5.41, 5.74) is 6.70. The molecule has 0 aromatic heterocycles. The van der Waals surface area contributed by atoms with Crippen LogP contribution in [-0.2, 0) is 4.79 Å². The summed E-state index contributed by atoms with van der Waals surface area (Å²) in [6.45, 7) is 3.64. The number of hydrogen-bond acceptors (Lipinski definition) is 3.